The SMILES string of the molecule is CC(C)N(C(=O)NCc1ccc(F)cc1)N1CC(=O)N2[C@@H](Cc3ccc4c(c3)NC(=O)CO4)C(=O)N(Cc3cccc4sc(N)nc34)C[C@@H]21. The number of urea groups is 1. The van der Waals surface area contributed by atoms with Crippen LogP contribution in [-0.4, -0.2) is 86.5 Å². The number of hydrogen-bond acceptors (Lipinski definition) is 9. The van der Waals surface area contributed by atoms with Crippen molar-refractivity contribution in [1.82, 2.24) is 30.1 Å². The van der Waals surface area contributed by atoms with Crippen molar-refractivity contribution in [3.63, 3.8) is 0 Å². The highest BCUT2D eigenvalue weighted by Crippen LogP contribution is 2.34. The summed E-state index contributed by atoms with van der Waals surface area (Å²) in [6.07, 6.45) is -0.490. The Bertz CT molecular complexity index is 1950. The highest BCUT2D eigenvalue weighted by Gasteiger charge is 2.52. The first-order valence-corrected chi connectivity index (χ1v) is 16.7. The van der Waals surface area contributed by atoms with Crippen LogP contribution in [0, 0.1) is 5.82 Å². The molecule has 4 heterocycles. The smallest absolute Gasteiger partial charge is 0.332 e. The number of hydrazine groups is 1. The van der Waals surface area contributed by atoms with E-state index in [1.807, 2.05) is 38.1 Å². The summed E-state index contributed by atoms with van der Waals surface area (Å²) >= 11 is 1.37. The number of nitrogen functional groups attached to an aromatic ring is 1. The van der Waals surface area contributed by atoms with Gasteiger partial charge in [0.05, 0.1) is 29.0 Å². The van der Waals surface area contributed by atoms with Gasteiger partial charge in [-0.3, -0.25) is 19.4 Å². The zero-order valence-corrected chi connectivity index (χ0v) is 27.7. The largest absolute Gasteiger partial charge is 0.482 e. The van der Waals surface area contributed by atoms with Crippen LogP contribution in [0.2, 0.25) is 0 Å². The molecule has 3 aliphatic heterocycles. The predicted molar refractivity (Wildman–Crippen MR) is 180 cm³/mol. The van der Waals surface area contributed by atoms with E-state index in [0.717, 1.165) is 21.4 Å². The standard InChI is InChI=1S/C34H35FN8O5S/c1-19(2)43(34(47)37-14-20-6-9-23(35)10-7-20)41-17-30(45)42-25(13-21-8-11-26-24(12-21)38-28(44)18-48-26)32(46)40(16-29(41)42)15-22-4-3-5-27-31(22)39-33(36)49-27/h3-12,19,25,29H,13-18H2,1-2H3,(H2,36,39)(H,37,47)(H,38,44)/t25-,29+/m0/s1. The van der Waals surface area contributed by atoms with E-state index >= 15 is 0 Å². The van der Waals surface area contributed by atoms with Gasteiger partial charge in [-0.15, -0.1) is 0 Å². The number of fused-ring (bicyclic) bond motifs is 3. The van der Waals surface area contributed by atoms with Gasteiger partial charge < -0.3 is 30.9 Å². The van der Waals surface area contributed by atoms with Crippen molar-refractivity contribution in [2.75, 3.05) is 30.7 Å². The predicted octanol–water partition coefficient (Wildman–Crippen LogP) is 3.31. The molecule has 7 rings (SSSR count). The highest BCUT2D eigenvalue weighted by atomic mass is 32.1. The molecular formula is C34H35FN8O5S. The van der Waals surface area contributed by atoms with Crippen LogP contribution in [0.3, 0.4) is 0 Å². The van der Waals surface area contributed by atoms with E-state index in [1.54, 1.807) is 39.1 Å². The minimum absolute atomic E-state index is 0.0799. The van der Waals surface area contributed by atoms with Crippen molar-refractivity contribution < 1.29 is 28.3 Å². The number of nitrogens with two attached hydrogens (primary N) is 1. The third kappa shape index (κ3) is 6.34. The number of rotatable bonds is 8. The van der Waals surface area contributed by atoms with Crippen molar-refractivity contribution in [3.05, 3.63) is 83.2 Å². The lowest BCUT2D eigenvalue weighted by atomic mass is 9.99. The van der Waals surface area contributed by atoms with Crippen molar-refractivity contribution in [1.29, 1.82) is 0 Å². The Morgan fingerprint density at radius 3 is 2.69 bits per heavy atom. The van der Waals surface area contributed by atoms with E-state index in [9.17, 15) is 23.6 Å². The van der Waals surface area contributed by atoms with Crippen LogP contribution in [0.1, 0.15) is 30.5 Å². The number of thiazole rings is 1. The average molecular weight is 687 g/mol. The number of carbonyl (C=O) groups excluding carboxylic acids is 4. The first kappa shape index (κ1) is 32.3. The minimum atomic E-state index is -0.898. The number of hydrogen-bond donors (Lipinski definition) is 3. The Morgan fingerprint density at radius 1 is 1.14 bits per heavy atom. The van der Waals surface area contributed by atoms with Crippen LogP contribution in [0.25, 0.3) is 10.2 Å². The molecule has 4 aromatic rings. The van der Waals surface area contributed by atoms with Crippen molar-refractivity contribution in [2.45, 2.75) is 51.6 Å². The molecule has 254 valence electrons. The van der Waals surface area contributed by atoms with Gasteiger partial charge in [0.1, 0.15) is 23.8 Å². The molecule has 0 unspecified atom stereocenters. The van der Waals surface area contributed by atoms with Crippen LogP contribution >= 0.6 is 11.3 Å². The number of anilines is 2. The summed E-state index contributed by atoms with van der Waals surface area (Å²) in [5.74, 6) is -0.664. The molecule has 2 saturated heterocycles. The Balaban J connectivity index is 1.21. The van der Waals surface area contributed by atoms with Gasteiger partial charge in [0.15, 0.2) is 11.7 Å². The van der Waals surface area contributed by atoms with E-state index < -0.39 is 18.2 Å². The normalized spacial score (nSPS) is 19.1. The lowest BCUT2D eigenvalue weighted by molar-refractivity contribution is -0.158. The van der Waals surface area contributed by atoms with Gasteiger partial charge in [0.25, 0.3) is 5.91 Å². The molecule has 2 fully saturated rings. The average Bonchev–Trinajstić information content (AvgIpc) is 3.61. The third-order valence-corrected chi connectivity index (χ3v) is 9.73. The summed E-state index contributed by atoms with van der Waals surface area (Å²) in [4.78, 5) is 61.8. The molecule has 3 aromatic carbocycles. The van der Waals surface area contributed by atoms with Gasteiger partial charge in [-0.2, -0.15) is 5.01 Å². The van der Waals surface area contributed by atoms with E-state index in [-0.39, 0.29) is 68.8 Å². The number of nitrogens with zero attached hydrogens (tertiary/aromatic N) is 5. The van der Waals surface area contributed by atoms with Gasteiger partial charge >= 0.3 is 6.03 Å². The summed E-state index contributed by atoms with van der Waals surface area (Å²) in [5, 5.41) is 9.37. The molecule has 0 radical (unpaired) electrons. The number of aromatic nitrogens is 1. The fourth-order valence-corrected chi connectivity index (χ4v) is 7.49. The molecule has 4 N–H and O–H groups in total. The molecule has 49 heavy (non-hydrogen) atoms. The summed E-state index contributed by atoms with van der Waals surface area (Å²) in [6.45, 7) is 4.02. The van der Waals surface area contributed by atoms with Gasteiger partial charge in [-0.25, -0.2) is 14.2 Å². The Kier molecular flexibility index (Phi) is 8.54. The van der Waals surface area contributed by atoms with Crippen molar-refractivity contribution in [2.24, 2.45) is 0 Å². The van der Waals surface area contributed by atoms with Crippen LogP contribution in [0.15, 0.2) is 60.7 Å². The first-order valence-electron chi connectivity index (χ1n) is 15.9. The van der Waals surface area contributed by atoms with Gasteiger partial charge in [0, 0.05) is 25.6 Å². The van der Waals surface area contributed by atoms with Gasteiger partial charge in [-0.05, 0) is 60.9 Å². The van der Waals surface area contributed by atoms with Crippen LogP contribution in [-0.2, 0) is 33.9 Å². The molecule has 0 bridgehead atoms. The summed E-state index contributed by atoms with van der Waals surface area (Å²) < 4.78 is 19.9. The molecule has 5 amide bonds. The molecule has 2 atom stereocenters. The maximum atomic E-state index is 14.4. The van der Waals surface area contributed by atoms with Crippen molar-refractivity contribution >= 4 is 56.1 Å². The first-order chi connectivity index (χ1) is 23.5. The van der Waals surface area contributed by atoms with Gasteiger partial charge in [-0.1, -0.05) is 41.7 Å². The number of benzene rings is 3. The molecule has 3 aliphatic rings. The fraction of sp³-hybridized carbons (Fsp3) is 0.324. The van der Waals surface area contributed by atoms with Crippen LogP contribution < -0.4 is 21.1 Å². The van der Waals surface area contributed by atoms with E-state index in [1.165, 1.54) is 28.5 Å². The molecule has 0 saturated carbocycles. The second-order valence-electron chi connectivity index (χ2n) is 12.5. The Morgan fingerprint density at radius 2 is 1.92 bits per heavy atom. The second kappa shape index (κ2) is 13.0. The molecule has 0 spiro atoms. The maximum absolute atomic E-state index is 14.4. The zero-order valence-electron chi connectivity index (χ0n) is 26.9. The molecule has 0 aliphatic carbocycles. The van der Waals surface area contributed by atoms with Gasteiger partial charge in [0.2, 0.25) is 11.8 Å². The number of amides is 5. The molecule has 15 heteroatoms. The lowest BCUT2D eigenvalue weighted by Crippen LogP contribution is -2.66. The minimum Gasteiger partial charge on any atom is -0.482 e. The summed E-state index contributed by atoms with van der Waals surface area (Å²) in [6, 6.07) is 15.2. The number of nitrogens with one attached hydrogen (secondary N) is 2. The number of halogens is 1. The monoisotopic (exact) mass is 686 g/mol. The highest BCUT2D eigenvalue weighted by molar-refractivity contribution is 7.22. The van der Waals surface area contributed by atoms with Crippen LogP contribution in [0.5, 0.6) is 5.75 Å². The maximum Gasteiger partial charge on any atom is 0.332 e. The number of piperazine rings is 1. The molecular weight excluding hydrogens is 651 g/mol. The third-order valence-electron chi connectivity index (χ3n) is 8.88. The molecule has 13 nitrogen and oxygen atoms in total. The van der Waals surface area contributed by atoms with E-state index in [4.69, 9.17) is 10.5 Å². The fourth-order valence-electron chi connectivity index (χ4n) is 6.71. The van der Waals surface area contributed by atoms with E-state index in [2.05, 4.69) is 15.6 Å². The Hall–Kier alpha value is -5.28. The summed E-state index contributed by atoms with van der Waals surface area (Å²) in [5.41, 5.74) is 9.49. The lowest BCUT2D eigenvalue weighted by Gasteiger charge is -2.47. The zero-order chi connectivity index (χ0) is 34.4. The quantitative estimate of drug-likeness (QED) is 0.255. The number of para-hydroxylation sites is 1. The molecule has 1 aromatic heterocycles. The van der Waals surface area contributed by atoms with E-state index in [0.29, 0.717) is 22.1 Å². The van der Waals surface area contributed by atoms with Crippen LogP contribution in [0.4, 0.5) is 20.0 Å². The van der Waals surface area contributed by atoms with Crippen molar-refractivity contribution in [3.8, 4) is 5.75 Å². The topological polar surface area (TPSA) is 153 Å². The second-order valence-corrected chi connectivity index (χ2v) is 13.6. The number of ether oxygens (including phenoxy) is 1. The number of carbonyl (C=O) groups is 4. The Labute approximate surface area is 285 Å². The summed E-state index contributed by atoms with van der Waals surface area (Å²) in [7, 11) is 0.